The first-order valence-electron chi connectivity index (χ1n) is 10.0. The molecule has 7 nitrogen and oxygen atoms in total. The number of benzene rings is 2. The van der Waals surface area contributed by atoms with Crippen molar-refractivity contribution < 1.29 is 9.53 Å². The van der Waals surface area contributed by atoms with E-state index in [9.17, 15) is 4.79 Å². The minimum atomic E-state index is -0.154. The number of hydrogen-bond acceptors (Lipinski definition) is 5. The van der Waals surface area contributed by atoms with Crippen LogP contribution in [0.1, 0.15) is 27.7 Å². The summed E-state index contributed by atoms with van der Waals surface area (Å²) in [5.41, 5.74) is 9.53. The number of nitrogen functional groups attached to an aromatic ring is 1. The molecule has 0 aliphatic carbocycles. The van der Waals surface area contributed by atoms with Gasteiger partial charge in [-0.15, -0.1) is 0 Å². The maximum Gasteiger partial charge on any atom is 0.221 e. The van der Waals surface area contributed by atoms with E-state index in [0.29, 0.717) is 23.0 Å². The van der Waals surface area contributed by atoms with Crippen LogP contribution in [-0.4, -0.2) is 20.4 Å². The summed E-state index contributed by atoms with van der Waals surface area (Å²) in [6.07, 6.45) is 3.57. The first-order chi connectivity index (χ1) is 14.7. The average Bonchev–Trinajstić information content (AvgIpc) is 3.10. The van der Waals surface area contributed by atoms with E-state index in [1.807, 2.05) is 42.5 Å². The van der Waals surface area contributed by atoms with Crippen LogP contribution in [0.25, 0.3) is 22.2 Å². The summed E-state index contributed by atoms with van der Waals surface area (Å²) in [6.45, 7) is 7.85. The zero-order valence-electron chi connectivity index (χ0n) is 18.0. The summed E-state index contributed by atoms with van der Waals surface area (Å²) in [7, 11) is 0. The summed E-state index contributed by atoms with van der Waals surface area (Å²) in [6, 6.07) is 15.1. The second-order valence-corrected chi connectivity index (χ2v) is 8.38. The maximum atomic E-state index is 11.3. The van der Waals surface area contributed by atoms with Gasteiger partial charge < -0.3 is 20.4 Å². The van der Waals surface area contributed by atoms with Crippen molar-refractivity contribution in [2.24, 2.45) is 0 Å². The summed E-state index contributed by atoms with van der Waals surface area (Å²) in [5.74, 6) is 1.66. The Morgan fingerprint density at radius 1 is 1.06 bits per heavy atom. The highest BCUT2D eigenvalue weighted by molar-refractivity contribution is 6.00. The van der Waals surface area contributed by atoms with E-state index in [0.717, 1.165) is 22.2 Å². The molecule has 0 saturated heterocycles. The number of nitrogens with zero attached hydrogens (tertiary/aromatic N) is 3. The van der Waals surface area contributed by atoms with Crippen LogP contribution < -0.4 is 15.8 Å². The summed E-state index contributed by atoms with van der Waals surface area (Å²) >= 11 is 0. The number of ether oxygens (including phenoxy) is 1. The molecule has 158 valence electrons. The molecular formula is C24H25N5O2. The van der Waals surface area contributed by atoms with Gasteiger partial charge in [-0.05, 0) is 50.6 Å². The lowest BCUT2D eigenvalue weighted by atomic mass is 10.1. The molecular weight excluding hydrogens is 390 g/mol. The number of amides is 1. The second-order valence-electron chi connectivity index (χ2n) is 8.38. The van der Waals surface area contributed by atoms with E-state index in [2.05, 4.69) is 46.8 Å². The fourth-order valence-electron chi connectivity index (χ4n) is 3.49. The second kappa shape index (κ2) is 7.75. The first kappa shape index (κ1) is 20.4. The van der Waals surface area contributed by atoms with Crippen LogP contribution in [0, 0.1) is 0 Å². The van der Waals surface area contributed by atoms with Gasteiger partial charge in [-0.25, -0.2) is 9.97 Å². The first-order valence-corrected chi connectivity index (χ1v) is 10.0. The molecule has 3 N–H and O–H groups in total. The molecule has 1 amide bonds. The lowest BCUT2D eigenvalue weighted by Crippen LogP contribution is -2.21. The molecule has 0 spiro atoms. The van der Waals surface area contributed by atoms with Crippen molar-refractivity contribution in [2.45, 2.75) is 33.2 Å². The van der Waals surface area contributed by atoms with Crippen molar-refractivity contribution in [3.8, 4) is 22.6 Å². The van der Waals surface area contributed by atoms with E-state index < -0.39 is 0 Å². The largest absolute Gasteiger partial charge is 0.457 e. The van der Waals surface area contributed by atoms with Crippen molar-refractivity contribution in [3.05, 3.63) is 61.1 Å². The molecule has 0 fully saturated rings. The molecule has 2 aromatic carbocycles. The van der Waals surface area contributed by atoms with Crippen LogP contribution in [0.15, 0.2) is 61.1 Å². The van der Waals surface area contributed by atoms with Crippen molar-refractivity contribution >= 4 is 28.4 Å². The zero-order chi connectivity index (χ0) is 22.2. The Morgan fingerprint density at radius 2 is 1.81 bits per heavy atom. The van der Waals surface area contributed by atoms with Gasteiger partial charge >= 0.3 is 0 Å². The van der Waals surface area contributed by atoms with Crippen molar-refractivity contribution in [1.29, 1.82) is 0 Å². The predicted molar refractivity (Wildman–Crippen MR) is 123 cm³/mol. The van der Waals surface area contributed by atoms with Crippen LogP contribution in [0.4, 0.5) is 11.5 Å². The minimum Gasteiger partial charge on any atom is -0.457 e. The summed E-state index contributed by atoms with van der Waals surface area (Å²) < 4.78 is 8.07. The zero-order valence-corrected chi connectivity index (χ0v) is 18.0. The number of nitrogens with two attached hydrogens (primary N) is 1. The smallest absolute Gasteiger partial charge is 0.221 e. The molecule has 2 heterocycles. The van der Waals surface area contributed by atoms with Crippen LogP contribution >= 0.6 is 0 Å². The summed E-state index contributed by atoms with van der Waals surface area (Å²) in [5, 5.41) is 3.60. The molecule has 0 saturated carbocycles. The Kier molecular flexibility index (Phi) is 5.10. The van der Waals surface area contributed by atoms with Gasteiger partial charge in [0.2, 0.25) is 5.91 Å². The molecule has 2 aromatic heterocycles. The molecule has 0 bridgehead atoms. The quantitative estimate of drug-likeness (QED) is 0.478. The van der Waals surface area contributed by atoms with E-state index in [1.165, 1.54) is 13.3 Å². The third kappa shape index (κ3) is 4.21. The van der Waals surface area contributed by atoms with E-state index in [1.54, 1.807) is 6.07 Å². The minimum absolute atomic E-state index is 0.126. The maximum absolute atomic E-state index is 11.3. The van der Waals surface area contributed by atoms with Gasteiger partial charge in [0, 0.05) is 36.0 Å². The van der Waals surface area contributed by atoms with Crippen molar-refractivity contribution in [2.75, 3.05) is 11.1 Å². The number of nitrogens with one attached hydrogen (secondary N) is 1. The molecule has 0 aliphatic heterocycles. The number of anilines is 2. The Hall–Kier alpha value is -3.87. The molecule has 0 atom stereocenters. The lowest BCUT2D eigenvalue weighted by molar-refractivity contribution is -0.114. The number of carbonyl (C=O) groups is 1. The van der Waals surface area contributed by atoms with Crippen LogP contribution in [0.3, 0.4) is 0 Å². The standard InChI is InChI=1S/C24H25N5O2/c1-15(30)28-17-6-5-7-19(12-17)31-18-10-8-16(9-11-18)20-13-29(24(2,3)4)23-21(20)22(25)26-14-27-23/h5-14H,1-4H3,(H,28,30)(H2,25,26,27). The monoisotopic (exact) mass is 415 g/mol. The van der Waals surface area contributed by atoms with Crippen LogP contribution in [0.2, 0.25) is 0 Å². The Balaban J connectivity index is 1.66. The molecule has 7 heteroatoms. The third-order valence-corrected chi connectivity index (χ3v) is 4.89. The van der Waals surface area contributed by atoms with Gasteiger partial charge in [-0.1, -0.05) is 18.2 Å². The highest BCUT2D eigenvalue weighted by Crippen LogP contribution is 2.36. The van der Waals surface area contributed by atoms with Crippen molar-refractivity contribution in [1.82, 2.24) is 14.5 Å². The Morgan fingerprint density at radius 3 is 2.48 bits per heavy atom. The number of hydrogen-bond donors (Lipinski definition) is 2. The fourth-order valence-corrected chi connectivity index (χ4v) is 3.49. The fraction of sp³-hybridized carbons (Fsp3) is 0.208. The van der Waals surface area contributed by atoms with Gasteiger partial charge in [-0.2, -0.15) is 0 Å². The normalized spacial score (nSPS) is 11.5. The van der Waals surface area contributed by atoms with E-state index in [4.69, 9.17) is 10.5 Å². The number of aromatic nitrogens is 3. The predicted octanol–water partition coefficient (Wildman–Crippen LogP) is 5.19. The molecule has 31 heavy (non-hydrogen) atoms. The van der Waals surface area contributed by atoms with E-state index >= 15 is 0 Å². The third-order valence-electron chi connectivity index (χ3n) is 4.89. The molecule has 0 unspecified atom stereocenters. The molecule has 0 aliphatic rings. The average molecular weight is 415 g/mol. The van der Waals surface area contributed by atoms with Crippen molar-refractivity contribution in [3.63, 3.8) is 0 Å². The van der Waals surface area contributed by atoms with Gasteiger partial charge in [0.25, 0.3) is 0 Å². The van der Waals surface area contributed by atoms with E-state index in [-0.39, 0.29) is 11.4 Å². The van der Waals surface area contributed by atoms with Crippen LogP contribution in [-0.2, 0) is 10.3 Å². The number of rotatable bonds is 4. The van der Waals surface area contributed by atoms with Gasteiger partial charge in [0.1, 0.15) is 29.3 Å². The lowest BCUT2D eigenvalue weighted by Gasteiger charge is -2.21. The molecule has 4 aromatic rings. The highest BCUT2D eigenvalue weighted by atomic mass is 16.5. The van der Waals surface area contributed by atoms with Gasteiger partial charge in [-0.3, -0.25) is 4.79 Å². The molecule has 0 radical (unpaired) electrons. The highest BCUT2D eigenvalue weighted by Gasteiger charge is 2.21. The number of carbonyl (C=O) groups excluding carboxylic acids is 1. The summed E-state index contributed by atoms with van der Waals surface area (Å²) in [4.78, 5) is 19.9. The SMILES string of the molecule is CC(=O)Nc1cccc(Oc2ccc(-c3cn(C(C)(C)C)c4ncnc(N)c34)cc2)c1. The van der Waals surface area contributed by atoms with Crippen LogP contribution in [0.5, 0.6) is 11.5 Å². The Bertz CT molecular complexity index is 1250. The Labute approximate surface area is 180 Å². The molecule has 4 rings (SSSR count). The van der Waals surface area contributed by atoms with Gasteiger partial charge in [0.05, 0.1) is 5.39 Å². The van der Waals surface area contributed by atoms with Gasteiger partial charge in [0.15, 0.2) is 0 Å². The number of fused-ring (bicyclic) bond motifs is 1. The topological polar surface area (TPSA) is 95.1 Å².